The zero-order valence-electron chi connectivity index (χ0n) is 13.3. The van der Waals surface area contributed by atoms with Gasteiger partial charge in [0.1, 0.15) is 5.75 Å². The number of hydrogen-bond donors (Lipinski definition) is 1. The summed E-state index contributed by atoms with van der Waals surface area (Å²) in [5.41, 5.74) is 1.21. The minimum Gasteiger partial charge on any atom is -0.465 e. The van der Waals surface area contributed by atoms with Crippen molar-refractivity contribution >= 4 is 0 Å². The van der Waals surface area contributed by atoms with Crippen molar-refractivity contribution in [2.45, 2.75) is 72.0 Å². The molecular weight excluding hydrogens is 248 g/mol. The highest BCUT2D eigenvalue weighted by molar-refractivity contribution is 5.33. The highest BCUT2D eigenvalue weighted by Crippen LogP contribution is 2.22. The molecule has 0 spiro atoms. The van der Waals surface area contributed by atoms with Crippen LogP contribution < -0.4 is 4.74 Å². The first-order valence-corrected chi connectivity index (χ1v) is 8.06. The Morgan fingerprint density at radius 2 is 1.75 bits per heavy atom. The van der Waals surface area contributed by atoms with Crippen molar-refractivity contribution < 1.29 is 9.84 Å². The van der Waals surface area contributed by atoms with Gasteiger partial charge in [0.15, 0.2) is 6.29 Å². The largest absolute Gasteiger partial charge is 0.465 e. The van der Waals surface area contributed by atoms with Crippen LogP contribution in [-0.2, 0) is 6.42 Å². The fourth-order valence-electron chi connectivity index (χ4n) is 2.28. The molecule has 1 unspecified atom stereocenters. The molecule has 114 valence electrons. The summed E-state index contributed by atoms with van der Waals surface area (Å²) >= 11 is 0. The van der Waals surface area contributed by atoms with Crippen molar-refractivity contribution in [3.8, 4) is 5.75 Å². The number of para-hydroxylation sites is 1. The molecule has 20 heavy (non-hydrogen) atoms. The van der Waals surface area contributed by atoms with Crippen molar-refractivity contribution in [1.29, 1.82) is 0 Å². The van der Waals surface area contributed by atoms with E-state index in [0.717, 1.165) is 18.1 Å². The maximum absolute atomic E-state index is 9.61. The van der Waals surface area contributed by atoms with E-state index in [2.05, 4.69) is 19.9 Å². The lowest BCUT2D eigenvalue weighted by Crippen LogP contribution is -2.14. The maximum atomic E-state index is 9.61. The highest BCUT2D eigenvalue weighted by atomic mass is 16.6. The standard InChI is InChI=1S/C18H30O2/c1-4-18(19)20-17-14-10-9-13-16(17)12-8-6-5-7-11-15(2)3/h9-10,13-15,18-19H,4-8,11-12H2,1-3H3. The Hall–Kier alpha value is -1.02. The van der Waals surface area contributed by atoms with Gasteiger partial charge in [0.2, 0.25) is 0 Å². The molecule has 0 radical (unpaired) electrons. The fourth-order valence-corrected chi connectivity index (χ4v) is 2.28. The smallest absolute Gasteiger partial charge is 0.197 e. The van der Waals surface area contributed by atoms with Gasteiger partial charge in [-0.3, -0.25) is 0 Å². The average Bonchev–Trinajstić information content (AvgIpc) is 2.43. The van der Waals surface area contributed by atoms with Gasteiger partial charge in [0.25, 0.3) is 0 Å². The Labute approximate surface area is 124 Å². The lowest BCUT2D eigenvalue weighted by molar-refractivity contribution is -0.0197. The Morgan fingerprint density at radius 1 is 1.05 bits per heavy atom. The first kappa shape index (κ1) is 17.0. The SMILES string of the molecule is CCC(O)Oc1ccccc1CCCCCCC(C)C. The number of aliphatic hydroxyl groups excluding tert-OH is 1. The minimum absolute atomic E-state index is 0.615. The lowest BCUT2D eigenvalue weighted by atomic mass is 10.0. The van der Waals surface area contributed by atoms with Crippen LogP contribution in [0.5, 0.6) is 5.75 Å². The summed E-state index contributed by atoms with van der Waals surface area (Å²) in [6, 6.07) is 8.06. The average molecular weight is 278 g/mol. The van der Waals surface area contributed by atoms with E-state index in [4.69, 9.17) is 4.74 Å². The monoisotopic (exact) mass is 278 g/mol. The van der Waals surface area contributed by atoms with Crippen molar-refractivity contribution in [1.82, 2.24) is 0 Å². The molecule has 2 heteroatoms. The van der Waals surface area contributed by atoms with Gasteiger partial charge in [-0.15, -0.1) is 0 Å². The molecule has 1 aromatic carbocycles. The van der Waals surface area contributed by atoms with Crippen LogP contribution in [0.4, 0.5) is 0 Å². The normalized spacial score (nSPS) is 12.7. The number of benzene rings is 1. The second-order valence-corrected chi connectivity index (χ2v) is 5.94. The van der Waals surface area contributed by atoms with Crippen molar-refractivity contribution in [3.63, 3.8) is 0 Å². The van der Waals surface area contributed by atoms with E-state index in [0.29, 0.717) is 6.42 Å². The summed E-state index contributed by atoms with van der Waals surface area (Å²) in [6.07, 6.45) is 7.42. The van der Waals surface area contributed by atoms with Gasteiger partial charge in [0.05, 0.1) is 0 Å². The van der Waals surface area contributed by atoms with Crippen LogP contribution >= 0.6 is 0 Å². The third-order valence-electron chi connectivity index (χ3n) is 3.56. The summed E-state index contributed by atoms with van der Waals surface area (Å²) in [4.78, 5) is 0. The third-order valence-corrected chi connectivity index (χ3v) is 3.56. The lowest BCUT2D eigenvalue weighted by Gasteiger charge is -2.15. The van der Waals surface area contributed by atoms with E-state index >= 15 is 0 Å². The minimum atomic E-state index is -0.692. The summed E-state index contributed by atoms with van der Waals surface area (Å²) < 4.78 is 5.56. The second-order valence-electron chi connectivity index (χ2n) is 5.94. The summed E-state index contributed by atoms with van der Waals surface area (Å²) in [7, 11) is 0. The maximum Gasteiger partial charge on any atom is 0.197 e. The van der Waals surface area contributed by atoms with Crippen LogP contribution in [0.1, 0.15) is 64.9 Å². The van der Waals surface area contributed by atoms with Crippen LogP contribution in [0.15, 0.2) is 24.3 Å². The molecule has 1 rings (SSSR count). The number of rotatable bonds is 10. The molecular formula is C18H30O2. The van der Waals surface area contributed by atoms with Crippen LogP contribution in [0, 0.1) is 5.92 Å². The van der Waals surface area contributed by atoms with Gasteiger partial charge in [0, 0.05) is 6.42 Å². The zero-order valence-corrected chi connectivity index (χ0v) is 13.3. The van der Waals surface area contributed by atoms with Gasteiger partial charge in [-0.1, -0.05) is 64.7 Å². The molecule has 0 heterocycles. The third kappa shape index (κ3) is 6.95. The molecule has 0 aliphatic carbocycles. The van der Waals surface area contributed by atoms with Gasteiger partial charge in [-0.2, -0.15) is 0 Å². The highest BCUT2D eigenvalue weighted by Gasteiger charge is 2.07. The molecule has 0 saturated heterocycles. The molecule has 0 aliphatic heterocycles. The van der Waals surface area contributed by atoms with Crippen LogP contribution in [0.3, 0.4) is 0 Å². The fraction of sp³-hybridized carbons (Fsp3) is 0.667. The summed E-state index contributed by atoms with van der Waals surface area (Å²) in [5, 5.41) is 9.61. The Morgan fingerprint density at radius 3 is 2.45 bits per heavy atom. The predicted octanol–water partition coefficient (Wildman–Crippen LogP) is 4.94. The molecule has 0 fully saturated rings. The van der Waals surface area contributed by atoms with E-state index in [-0.39, 0.29) is 0 Å². The molecule has 2 nitrogen and oxygen atoms in total. The predicted molar refractivity (Wildman–Crippen MR) is 85.0 cm³/mol. The van der Waals surface area contributed by atoms with Crippen LogP contribution in [0.25, 0.3) is 0 Å². The molecule has 0 aromatic heterocycles. The summed E-state index contributed by atoms with van der Waals surface area (Å²) in [6.45, 7) is 6.49. The second kappa shape index (κ2) is 9.82. The van der Waals surface area contributed by atoms with Crippen molar-refractivity contribution in [3.05, 3.63) is 29.8 Å². The molecule has 0 bridgehead atoms. The molecule has 1 N–H and O–H groups in total. The van der Waals surface area contributed by atoms with Crippen LogP contribution in [-0.4, -0.2) is 11.4 Å². The van der Waals surface area contributed by atoms with Crippen molar-refractivity contribution in [2.24, 2.45) is 5.92 Å². The van der Waals surface area contributed by atoms with Gasteiger partial charge in [-0.05, 0) is 30.4 Å². The molecule has 1 atom stereocenters. The molecule has 0 saturated carbocycles. The molecule has 0 aliphatic rings. The topological polar surface area (TPSA) is 29.5 Å². The van der Waals surface area contributed by atoms with E-state index in [9.17, 15) is 5.11 Å². The van der Waals surface area contributed by atoms with Crippen molar-refractivity contribution in [2.75, 3.05) is 0 Å². The number of ether oxygens (including phenoxy) is 1. The quantitative estimate of drug-likeness (QED) is 0.485. The first-order chi connectivity index (χ1) is 9.63. The Balaban J connectivity index is 2.32. The first-order valence-electron chi connectivity index (χ1n) is 8.06. The van der Waals surface area contributed by atoms with E-state index in [1.54, 1.807) is 0 Å². The summed E-state index contributed by atoms with van der Waals surface area (Å²) in [5.74, 6) is 1.66. The van der Waals surface area contributed by atoms with Gasteiger partial charge in [-0.25, -0.2) is 0 Å². The number of aliphatic hydroxyl groups is 1. The van der Waals surface area contributed by atoms with E-state index in [1.165, 1.54) is 37.7 Å². The van der Waals surface area contributed by atoms with Crippen LogP contribution in [0.2, 0.25) is 0 Å². The van der Waals surface area contributed by atoms with E-state index in [1.807, 2.05) is 25.1 Å². The number of hydrogen-bond acceptors (Lipinski definition) is 2. The number of unbranched alkanes of at least 4 members (excludes halogenated alkanes) is 3. The molecule has 0 amide bonds. The van der Waals surface area contributed by atoms with Gasteiger partial charge >= 0.3 is 0 Å². The molecule has 1 aromatic rings. The number of aryl methyl sites for hydroxylation is 1. The Bertz CT molecular complexity index is 360. The Kier molecular flexibility index (Phi) is 8.36. The zero-order chi connectivity index (χ0) is 14.8. The van der Waals surface area contributed by atoms with E-state index < -0.39 is 6.29 Å². The van der Waals surface area contributed by atoms with Gasteiger partial charge < -0.3 is 9.84 Å².